The summed E-state index contributed by atoms with van der Waals surface area (Å²) in [6, 6.07) is 5.79. The number of hydrogen-bond acceptors (Lipinski definition) is 2. The van der Waals surface area contributed by atoms with Crippen molar-refractivity contribution in [1.29, 1.82) is 0 Å². The van der Waals surface area contributed by atoms with Crippen molar-refractivity contribution in [3.8, 4) is 0 Å². The van der Waals surface area contributed by atoms with Gasteiger partial charge in [0.25, 0.3) is 5.91 Å². The molecule has 0 radical (unpaired) electrons. The summed E-state index contributed by atoms with van der Waals surface area (Å²) in [7, 11) is 0. The third-order valence-electron chi connectivity index (χ3n) is 4.10. The van der Waals surface area contributed by atoms with Crippen LogP contribution in [-0.4, -0.2) is 52.8 Å². The van der Waals surface area contributed by atoms with E-state index < -0.39 is 11.7 Å². The number of H-pyrrole nitrogens is 1. The SMILES string of the molecule is O=C(Cc1cc[nH]c1)N1CCN(C(=O)c2cc(Cl)ccc2F)CC1. The van der Waals surface area contributed by atoms with E-state index in [4.69, 9.17) is 11.6 Å². The first kappa shape index (κ1) is 16.5. The third kappa shape index (κ3) is 3.59. The smallest absolute Gasteiger partial charge is 0.257 e. The van der Waals surface area contributed by atoms with E-state index in [-0.39, 0.29) is 11.5 Å². The van der Waals surface area contributed by atoms with Crippen LogP contribution in [0.25, 0.3) is 0 Å². The van der Waals surface area contributed by atoms with E-state index >= 15 is 0 Å². The maximum absolute atomic E-state index is 13.8. The maximum atomic E-state index is 13.8. The van der Waals surface area contributed by atoms with E-state index in [1.807, 2.05) is 6.07 Å². The fourth-order valence-corrected chi connectivity index (χ4v) is 2.92. The number of aromatic amines is 1. The highest BCUT2D eigenvalue weighted by atomic mass is 35.5. The molecule has 1 aromatic heterocycles. The minimum Gasteiger partial charge on any atom is -0.367 e. The molecule has 1 aliphatic rings. The second-order valence-corrected chi connectivity index (χ2v) is 6.13. The summed E-state index contributed by atoms with van der Waals surface area (Å²) in [6.45, 7) is 1.64. The van der Waals surface area contributed by atoms with Crippen LogP contribution in [0.3, 0.4) is 0 Å². The van der Waals surface area contributed by atoms with Crippen molar-refractivity contribution in [2.45, 2.75) is 6.42 Å². The summed E-state index contributed by atoms with van der Waals surface area (Å²) in [4.78, 5) is 30.9. The molecule has 3 rings (SSSR count). The molecule has 1 fully saturated rings. The Balaban J connectivity index is 1.59. The second-order valence-electron chi connectivity index (χ2n) is 5.69. The van der Waals surface area contributed by atoms with Crippen molar-refractivity contribution >= 4 is 23.4 Å². The Kier molecular flexibility index (Phi) is 4.85. The number of benzene rings is 1. The number of piperazine rings is 1. The normalized spacial score (nSPS) is 14.8. The second kappa shape index (κ2) is 7.05. The van der Waals surface area contributed by atoms with E-state index in [0.717, 1.165) is 5.56 Å². The molecule has 2 amide bonds. The van der Waals surface area contributed by atoms with Gasteiger partial charge in [-0.2, -0.15) is 0 Å². The number of aromatic nitrogens is 1. The van der Waals surface area contributed by atoms with Gasteiger partial charge in [0.15, 0.2) is 0 Å². The molecule has 0 spiro atoms. The molecule has 0 unspecified atom stereocenters. The Morgan fingerprint density at radius 2 is 1.83 bits per heavy atom. The highest BCUT2D eigenvalue weighted by Crippen LogP contribution is 2.18. The first-order valence-electron chi connectivity index (χ1n) is 7.68. The number of nitrogens with zero attached hydrogens (tertiary/aromatic N) is 2. The van der Waals surface area contributed by atoms with Crippen molar-refractivity contribution < 1.29 is 14.0 Å². The van der Waals surface area contributed by atoms with E-state index in [2.05, 4.69) is 4.98 Å². The van der Waals surface area contributed by atoms with Gasteiger partial charge in [0, 0.05) is 43.6 Å². The molecule has 1 aromatic carbocycles. The summed E-state index contributed by atoms with van der Waals surface area (Å²) in [5, 5.41) is 0.320. The predicted molar refractivity (Wildman–Crippen MR) is 88.4 cm³/mol. The molecule has 1 saturated heterocycles. The van der Waals surface area contributed by atoms with Crippen molar-refractivity contribution in [2.24, 2.45) is 0 Å². The van der Waals surface area contributed by atoms with Gasteiger partial charge in [-0.15, -0.1) is 0 Å². The first-order chi connectivity index (χ1) is 11.5. The summed E-state index contributed by atoms with van der Waals surface area (Å²) < 4.78 is 13.8. The van der Waals surface area contributed by atoms with Gasteiger partial charge in [-0.05, 0) is 29.8 Å². The zero-order chi connectivity index (χ0) is 17.1. The molecule has 2 heterocycles. The van der Waals surface area contributed by atoms with Gasteiger partial charge >= 0.3 is 0 Å². The maximum Gasteiger partial charge on any atom is 0.257 e. The zero-order valence-corrected chi connectivity index (χ0v) is 13.7. The van der Waals surface area contributed by atoms with Crippen LogP contribution < -0.4 is 0 Å². The molecular weight excluding hydrogens is 333 g/mol. The minimum absolute atomic E-state index is 0.0237. The molecule has 0 atom stereocenters. The fourth-order valence-electron chi connectivity index (χ4n) is 2.75. The fraction of sp³-hybridized carbons (Fsp3) is 0.294. The summed E-state index contributed by atoms with van der Waals surface area (Å²) in [6.07, 6.45) is 3.90. The molecule has 24 heavy (non-hydrogen) atoms. The average molecular weight is 350 g/mol. The van der Waals surface area contributed by atoms with Crippen LogP contribution in [0.4, 0.5) is 4.39 Å². The summed E-state index contributed by atoms with van der Waals surface area (Å²) >= 11 is 5.84. The van der Waals surface area contributed by atoms with Gasteiger partial charge < -0.3 is 14.8 Å². The first-order valence-corrected chi connectivity index (χ1v) is 8.06. The Morgan fingerprint density at radius 1 is 1.12 bits per heavy atom. The van der Waals surface area contributed by atoms with Gasteiger partial charge in [0.2, 0.25) is 5.91 Å². The third-order valence-corrected chi connectivity index (χ3v) is 4.33. The molecule has 0 bridgehead atoms. The molecule has 1 aliphatic heterocycles. The lowest BCUT2D eigenvalue weighted by Gasteiger charge is -2.35. The topological polar surface area (TPSA) is 56.4 Å². The highest BCUT2D eigenvalue weighted by Gasteiger charge is 2.26. The Bertz CT molecular complexity index is 740. The Hall–Kier alpha value is -2.34. The monoisotopic (exact) mass is 349 g/mol. The molecule has 126 valence electrons. The van der Waals surface area contributed by atoms with Crippen LogP contribution in [0.15, 0.2) is 36.7 Å². The van der Waals surface area contributed by atoms with Crippen LogP contribution in [-0.2, 0) is 11.2 Å². The van der Waals surface area contributed by atoms with Gasteiger partial charge in [0.05, 0.1) is 12.0 Å². The highest BCUT2D eigenvalue weighted by molar-refractivity contribution is 6.31. The number of nitrogens with one attached hydrogen (secondary N) is 1. The van der Waals surface area contributed by atoms with Crippen molar-refractivity contribution in [1.82, 2.24) is 14.8 Å². The van der Waals surface area contributed by atoms with Crippen molar-refractivity contribution in [2.75, 3.05) is 26.2 Å². The van der Waals surface area contributed by atoms with Gasteiger partial charge in [0.1, 0.15) is 5.82 Å². The van der Waals surface area contributed by atoms with Gasteiger partial charge in [-0.25, -0.2) is 4.39 Å². The lowest BCUT2D eigenvalue weighted by Crippen LogP contribution is -2.51. The molecule has 2 aromatic rings. The molecule has 0 saturated carbocycles. The molecule has 0 aliphatic carbocycles. The Labute approximate surface area is 144 Å². The molecular formula is C17H17ClFN3O2. The van der Waals surface area contributed by atoms with Gasteiger partial charge in [-0.1, -0.05) is 11.6 Å². The van der Waals surface area contributed by atoms with Crippen LogP contribution in [0.1, 0.15) is 15.9 Å². The number of carbonyl (C=O) groups is 2. The van der Waals surface area contributed by atoms with E-state index in [1.54, 1.807) is 22.2 Å². The molecule has 5 nitrogen and oxygen atoms in total. The number of rotatable bonds is 3. The average Bonchev–Trinajstić information content (AvgIpc) is 3.09. The van der Waals surface area contributed by atoms with Crippen LogP contribution in [0.5, 0.6) is 0 Å². The van der Waals surface area contributed by atoms with Crippen LogP contribution >= 0.6 is 11.6 Å². The van der Waals surface area contributed by atoms with Gasteiger partial charge in [-0.3, -0.25) is 9.59 Å². The molecule has 1 N–H and O–H groups in total. The molecule has 7 heteroatoms. The summed E-state index contributed by atoms with van der Waals surface area (Å²) in [5.41, 5.74) is 0.897. The number of hydrogen-bond donors (Lipinski definition) is 1. The van der Waals surface area contributed by atoms with Crippen LogP contribution in [0.2, 0.25) is 5.02 Å². The largest absolute Gasteiger partial charge is 0.367 e. The standard InChI is InChI=1S/C17H17ClFN3O2/c18-13-1-2-15(19)14(10-13)17(24)22-7-5-21(6-8-22)16(23)9-12-3-4-20-11-12/h1-4,10-11,20H,5-9H2. The van der Waals surface area contributed by atoms with E-state index in [1.165, 1.54) is 18.2 Å². The van der Waals surface area contributed by atoms with E-state index in [0.29, 0.717) is 37.6 Å². The van der Waals surface area contributed by atoms with Crippen molar-refractivity contribution in [3.63, 3.8) is 0 Å². The number of amides is 2. The van der Waals surface area contributed by atoms with E-state index in [9.17, 15) is 14.0 Å². The lowest BCUT2D eigenvalue weighted by atomic mass is 10.1. The minimum atomic E-state index is -0.588. The number of halogens is 2. The van der Waals surface area contributed by atoms with Crippen LogP contribution in [0, 0.1) is 5.82 Å². The lowest BCUT2D eigenvalue weighted by molar-refractivity contribution is -0.131. The summed E-state index contributed by atoms with van der Waals surface area (Å²) in [5.74, 6) is -0.960. The number of carbonyl (C=O) groups excluding carboxylic acids is 2. The van der Waals surface area contributed by atoms with Crippen molar-refractivity contribution in [3.05, 3.63) is 58.6 Å². The quantitative estimate of drug-likeness (QED) is 0.924. The zero-order valence-electron chi connectivity index (χ0n) is 13.0. The predicted octanol–water partition coefficient (Wildman–Crippen LogP) is 2.33. The Morgan fingerprint density at radius 3 is 2.50 bits per heavy atom.